The van der Waals surface area contributed by atoms with Gasteiger partial charge in [0.2, 0.25) is 0 Å². The third-order valence-corrected chi connectivity index (χ3v) is 4.40. The normalized spacial score (nSPS) is 24.1. The van der Waals surface area contributed by atoms with Gasteiger partial charge in [-0.05, 0) is 55.1 Å². The molecule has 0 amide bonds. The summed E-state index contributed by atoms with van der Waals surface area (Å²) >= 11 is 0. The van der Waals surface area contributed by atoms with Crippen LogP contribution in [0.4, 0.5) is 0 Å². The van der Waals surface area contributed by atoms with Crippen molar-refractivity contribution >= 4 is 0 Å². The minimum atomic E-state index is 0.251. The van der Waals surface area contributed by atoms with E-state index in [1.807, 2.05) is 0 Å². The maximum atomic E-state index is 8.92. The number of benzene rings is 1. The first-order chi connectivity index (χ1) is 8.83. The molecular weight excluding hydrogens is 220 g/mol. The average molecular weight is 246 g/mol. The van der Waals surface area contributed by atoms with E-state index in [0.29, 0.717) is 0 Å². The van der Waals surface area contributed by atoms with Gasteiger partial charge in [-0.15, -0.1) is 0 Å². The lowest BCUT2D eigenvalue weighted by molar-refractivity contribution is 0.299. The van der Waals surface area contributed by atoms with Crippen LogP contribution in [0.2, 0.25) is 0 Å². The summed E-state index contributed by atoms with van der Waals surface area (Å²) in [4.78, 5) is 0. The van der Waals surface area contributed by atoms with Gasteiger partial charge in [0.1, 0.15) is 0 Å². The molecule has 0 atom stereocenters. The number of hydrogen-bond donors (Lipinski definition) is 1. The van der Waals surface area contributed by atoms with Crippen LogP contribution in [-0.2, 0) is 6.42 Å². The summed E-state index contributed by atoms with van der Waals surface area (Å²) in [6.07, 6.45) is 9.10. The largest absolute Gasteiger partial charge is 0.396 e. The van der Waals surface area contributed by atoms with E-state index in [2.05, 4.69) is 31.2 Å². The quantitative estimate of drug-likeness (QED) is 0.821. The average Bonchev–Trinajstić information content (AvgIpc) is 2.41. The maximum absolute atomic E-state index is 8.92. The van der Waals surface area contributed by atoms with E-state index < -0.39 is 0 Å². The van der Waals surface area contributed by atoms with Gasteiger partial charge < -0.3 is 5.11 Å². The van der Waals surface area contributed by atoms with E-state index in [9.17, 15) is 0 Å². The lowest BCUT2D eigenvalue weighted by Crippen LogP contribution is -2.13. The molecule has 1 aliphatic rings. The Morgan fingerprint density at radius 3 is 2.28 bits per heavy atom. The van der Waals surface area contributed by atoms with Gasteiger partial charge in [-0.3, -0.25) is 0 Å². The van der Waals surface area contributed by atoms with Gasteiger partial charge in [0, 0.05) is 6.61 Å². The lowest BCUT2D eigenvalue weighted by Gasteiger charge is -2.28. The molecule has 1 aromatic rings. The molecule has 1 N–H and O–H groups in total. The Morgan fingerprint density at radius 2 is 1.72 bits per heavy atom. The molecule has 0 unspecified atom stereocenters. The van der Waals surface area contributed by atoms with Crippen LogP contribution in [-0.4, -0.2) is 11.7 Å². The van der Waals surface area contributed by atoms with E-state index in [4.69, 9.17) is 5.11 Å². The highest BCUT2D eigenvalue weighted by Crippen LogP contribution is 2.37. The highest BCUT2D eigenvalue weighted by molar-refractivity contribution is 5.25. The predicted octanol–water partition coefficient (Wildman–Crippen LogP) is 4.30. The molecule has 2 rings (SSSR count). The second kappa shape index (κ2) is 6.94. The van der Waals surface area contributed by atoms with E-state index in [1.54, 1.807) is 0 Å². The molecule has 1 fully saturated rings. The lowest BCUT2D eigenvalue weighted by atomic mass is 9.77. The Labute approximate surface area is 111 Å². The Kier molecular flexibility index (Phi) is 5.25. The zero-order valence-electron chi connectivity index (χ0n) is 11.6. The fraction of sp³-hybridized carbons (Fsp3) is 0.647. The molecule has 1 nitrogen and oxygen atoms in total. The third kappa shape index (κ3) is 3.58. The first-order valence-electron chi connectivity index (χ1n) is 7.53. The smallest absolute Gasteiger partial charge is 0.0471 e. The molecule has 18 heavy (non-hydrogen) atoms. The van der Waals surface area contributed by atoms with Gasteiger partial charge in [-0.1, -0.05) is 44.0 Å². The standard InChI is InChI=1S/C17H26O/c1-2-3-14-4-8-16(9-5-14)17-10-6-15(7-11-17)12-13-18/h6-7,10-11,14,16,18H,2-5,8-9,12-13H2,1H3. The molecule has 0 radical (unpaired) electrons. The van der Waals surface area contributed by atoms with Gasteiger partial charge in [0.05, 0.1) is 0 Å². The summed E-state index contributed by atoms with van der Waals surface area (Å²) in [5, 5.41) is 8.92. The molecule has 1 aromatic carbocycles. The molecule has 0 spiro atoms. The van der Waals surface area contributed by atoms with E-state index in [-0.39, 0.29) is 6.61 Å². The monoisotopic (exact) mass is 246 g/mol. The second-order valence-corrected chi connectivity index (χ2v) is 5.72. The molecule has 0 bridgehead atoms. The Bertz CT molecular complexity index is 333. The first kappa shape index (κ1) is 13.6. The minimum Gasteiger partial charge on any atom is -0.396 e. The van der Waals surface area contributed by atoms with Gasteiger partial charge in [-0.2, -0.15) is 0 Å². The number of rotatable bonds is 5. The van der Waals surface area contributed by atoms with Crippen LogP contribution < -0.4 is 0 Å². The third-order valence-electron chi connectivity index (χ3n) is 4.40. The van der Waals surface area contributed by atoms with Crippen molar-refractivity contribution in [2.24, 2.45) is 5.92 Å². The second-order valence-electron chi connectivity index (χ2n) is 5.72. The van der Waals surface area contributed by atoms with E-state index in [0.717, 1.165) is 18.3 Å². The molecule has 0 aromatic heterocycles. The van der Waals surface area contributed by atoms with Gasteiger partial charge in [-0.25, -0.2) is 0 Å². The summed E-state index contributed by atoms with van der Waals surface area (Å²) in [5.41, 5.74) is 2.76. The number of aliphatic hydroxyl groups is 1. The highest BCUT2D eigenvalue weighted by Gasteiger charge is 2.21. The SMILES string of the molecule is CCCC1CCC(c2ccc(CCO)cc2)CC1. The fourth-order valence-corrected chi connectivity index (χ4v) is 3.28. The summed E-state index contributed by atoms with van der Waals surface area (Å²) in [5.74, 6) is 1.76. The maximum Gasteiger partial charge on any atom is 0.0471 e. The van der Waals surface area contributed by atoms with E-state index >= 15 is 0 Å². The topological polar surface area (TPSA) is 20.2 Å². The van der Waals surface area contributed by atoms with Crippen LogP contribution in [0.15, 0.2) is 24.3 Å². The van der Waals surface area contributed by atoms with Crippen LogP contribution in [0.5, 0.6) is 0 Å². The molecular formula is C17H26O. The Hall–Kier alpha value is -0.820. The summed E-state index contributed by atoms with van der Waals surface area (Å²) in [6.45, 7) is 2.55. The van der Waals surface area contributed by atoms with Crippen molar-refractivity contribution in [1.29, 1.82) is 0 Å². The van der Waals surface area contributed by atoms with Crippen molar-refractivity contribution in [2.75, 3.05) is 6.61 Å². The molecule has 1 heteroatoms. The zero-order valence-corrected chi connectivity index (χ0v) is 11.6. The minimum absolute atomic E-state index is 0.251. The first-order valence-corrected chi connectivity index (χ1v) is 7.53. The van der Waals surface area contributed by atoms with Crippen molar-refractivity contribution in [3.8, 4) is 0 Å². The van der Waals surface area contributed by atoms with Crippen LogP contribution in [0.1, 0.15) is 62.5 Å². The van der Waals surface area contributed by atoms with Crippen molar-refractivity contribution < 1.29 is 5.11 Å². The zero-order chi connectivity index (χ0) is 12.8. The number of hydrogen-bond acceptors (Lipinski definition) is 1. The molecule has 0 heterocycles. The predicted molar refractivity (Wildman–Crippen MR) is 76.8 cm³/mol. The van der Waals surface area contributed by atoms with Gasteiger partial charge >= 0.3 is 0 Å². The van der Waals surface area contributed by atoms with Crippen molar-refractivity contribution in [2.45, 2.75) is 57.8 Å². The van der Waals surface area contributed by atoms with Crippen LogP contribution >= 0.6 is 0 Å². The van der Waals surface area contributed by atoms with Gasteiger partial charge in [0.15, 0.2) is 0 Å². The molecule has 100 valence electrons. The summed E-state index contributed by atoms with van der Waals surface area (Å²) in [6, 6.07) is 8.92. The number of aliphatic hydroxyl groups excluding tert-OH is 1. The summed E-state index contributed by atoms with van der Waals surface area (Å²) < 4.78 is 0. The van der Waals surface area contributed by atoms with E-state index in [1.165, 1.54) is 49.7 Å². The van der Waals surface area contributed by atoms with Crippen LogP contribution in [0.25, 0.3) is 0 Å². The van der Waals surface area contributed by atoms with Crippen LogP contribution in [0.3, 0.4) is 0 Å². The molecule has 1 aliphatic carbocycles. The highest BCUT2D eigenvalue weighted by atomic mass is 16.2. The molecule has 1 saturated carbocycles. The Balaban J connectivity index is 1.89. The van der Waals surface area contributed by atoms with Crippen molar-refractivity contribution in [3.05, 3.63) is 35.4 Å². The van der Waals surface area contributed by atoms with Crippen molar-refractivity contribution in [1.82, 2.24) is 0 Å². The fourth-order valence-electron chi connectivity index (χ4n) is 3.28. The summed E-state index contributed by atoms with van der Waals surface area (Å²) in [7, 11) is 0. The Morgan fingerprint density at radius 1 is 1.06 bits per heavy atom. The van der Waals surface area contributed by atoms with Gasteiger partial charge in [0.25, 0.3) is 0 Å². The van der Waals surface area contributed by atoms with Crippen molar-refractivity contribution in [3.63, 3.8) is 0 Å². The van der Waals surface area contributed by atoms with Crippen LogP contribution in [0, 0.1) is 5.92 Å². The molecule has 0 aliphatic heterocycles. The molecule has 0 saturated heterocycles.